The maximum Gasteiger partial charge on any atom is 0.417 e. The molecule has 0 spiro atoms. The molecule has 0 radical (unpaired) electrons. The average Bonchev–Trinajstić information content (AvgIpc) is 2.95. The number of halogens is 5. The van der Waals surface area contributed by atoms with Crippen molar-refractivity contribution < 1.29 is 18.0 Å². The summed E-state index contributed by atoms with van der Waals surface area (Å²) in [5.41, 5.74) is -0.401. The van der Waals surface area contributed by atoms with E-state index >= 15 is 0 Å². The van der Waals surface area contributed by atoms with E-state index in [4.69, 9.17) is 11.6 Å². The first-order valence-electron chi connectivity index (χ1n) is 7.45. The lowest BCUT2D eigenvalue weighted by atomic mass is 10.0. The maximum atomic E-state index is 13.1. The molecule has 3 aromatic rings. The molecule has 0 bridgehead atoms. The van der Waals surface area contributed by atoms with E-state index in [0.29, 0.717) is 20.9 Å². The summed E-state index contributed by atoms with van der Waals surface area (Å²) in [6.07, 6.45) is -3.26. The van der Waals surface area contributed by atoms with Crippen molar-refractivity contribution in [3.8, 4) is 5.69 Å². The number of carbonyl (C=O) groups excluding carboxylic acids is 1. The van der Waals surface area contributed by atoms with Gasteiger partial charge in [0.2, 0.25) is 0 Å². The number of ketones is 1. The van der Waals surface area contributed by atoms with Crippen LogP contribution in [0, 0.1) is 0 Å². The molecule has 26 heavy (non-hydrogen) atoms. The fourth-order valence-electron chi connectivity index (χ4n) is 2.49. The highest BCUT2D eigenvalue weighted by Gasteiger charge is 2.34. The van der Waals surface area contributed by atoms with Crippen LogP contribution in [0.4, 0.5) is 13.2 Å². The van der Waals surface area contributed by atoms with E-state index in [-0.39, 0.29) is 12.0 Å². The van der Waals surface area contributed by atoms with Gasteiger partial charge >= 0.3 is 6.18 Å². The van der Waals surface area contributed by atoms with Gasteiger partial charge in [-0.1, -0.05) is 41.9 Å². The minimum absolute atomic E-state index is 0.273. The van der Waals surface area contributed by atoms with E-state index in [1.54, 1.807) is 30.5 Å². The third-order valence-corrected chi connectivity index (χ3v) is 4.68. The molecular weight excluding hydrogens is 433 g/mol. The number of para-hydroxylation sites is 1. The lowest BCUT2D eigenvalue weighted by Gasteiger charge is -2.11. The standard InChI is InChI=1S/C18H11BrClF3N2O/c19-13-10-25(16-8-4-3-7-14(16)20)24-15(13)9-17(26)11-5-1-2-6-12(11)18(21,22)23/h1-8,10H,9H2. The molecule has 0 fully saturated rings. The molecule has 0 atom stereocenters. The quantitative estimate of drug-likeness (QED) is 0.483. The average molecular weight is 444 g/mol. The van der Waals surface area contributed by atoms with Gasteiger partial charge in [0.25, 0.3) is 0 Å². The Morgan fingerprint density at radius 2 is 1.77 bits per heavy atom. The van der Waals surface area contributed by atoms with Gasteiger partial charge in [0, 0.05) is 11.8 Å². The van der Waals surface area contributed by atoms with Crippen molar-refractivity contribution in [2.24, 2.45) is 0 Å². The Morgan fingerprint density at radius 3 is 2.46 bits per heavy atom. The Labute approximate surface area is 160 Å². The van der Waals surface area contributed by atoms with Crippen LogP contribution >= 0.6 is 27.5 Å². The number of aromatic nitrogens is 2. The molecule has 0 aliphatic rings. The first kappa shape index (κ1) is 18.7. The number of benzene rings is 2. The highest BCUT2D eigenvalue weighted by molar-refractivity contribution is 9.10. The van der Waals surface area contributed by atoms with Crippen LogP contribution in [0.5, 0.6) is 0 Å². The van der Waals surface area contributed by atoms with Crippen LogP contribution < -0.4 is 0 Å². The summed E-state index contributed by atoms with van der Waals surface area (Å²) in [4.78, 5) is 12.5. The molecule has 3 rings (SSSR count). The van der Waals surface area contributed by atoms with Crippen LogP contribution in [0.15, 0.2) is 59.2 Å². The SMILES string of the molecule is O=C(Cc1nn(-c2ccccc2Cl)cc1Br)c1ccccc1C(F)(F)F. The second kappa shape index (κ2) is 7.25. The molecular formula is C18H11BrClF3N2O. The zero-order valence-corrected chi connectivity index (χ0v) is 15.4. The van der Waals surface area contributed by atoms with Crippen LogP contribution in [-0.4, -0.2) is 15.6 Å². The van der Waals surface area contributed by atoms with Crippen molar-refractivity contribution in [2.75, 3.05) is 0 Å². The fraction of sp³-hybridized carbons (Fsp3) is 0.111. The Balaban J connectivity index is 1.92. The van der Waals surface area contributed by atoms with Crippen molar-refractivity contribution >= 4 is 33.3 Å². The van der Waals surface area contributed by atoms with Crippen LogP contribution in [0.2, 0.25) is 5.02 Å². The molecule has 0 saturated heterocycles. The lowest BCUT2D eigenvalue weighted by Crippen LogP contribution is -2.14. The van der Waals surface area contributed by atoms with E-state index in [9.17, 15) is 18.0 Å². The predicted molar refractivity (Wildman–Crippen MR) is 95.8 cm³/mol. The van der Waals surface area contributed by atoms with E-state index < -0.39 is 17.5 Å². The number of hydrogen-bond acceptors (Lipinski definition) is 2. The first-order chi connectivity index (χ1) is 12.3. The van der Waals surface area contributed by atoms with Gasteiger partial charge in [-0.25, -0.2) is 4.68 Å². The van der Waals surface area contributed by atoms with E-state index in [0.717, 1.165) is 6.07 Å². The highest BCUT2D eigenvalue weighted by Crippen LogP contribution is 2.32. The van der Waals surface area contributed by atoms with Crippen molar-refractivity contribution in [3.05, 3.63) is 81.0 Å². The minimum Gasteiger partial charge on any atom is -0.294 e. The number of nitrogens with zero attached hydrogens (tertiary/aromatic N) is 2. The summed E-state index contributed by atoms with van der Waals surface area (Å²) in [6, 6.07) is 11.7. The summed E-state index contributed by atoms with van der Waals surface area (Å²) in [6.45, 7) is 0. The normalized spacial score (nSPS) is 11.6. The lowest BCUT2D eigenvalue weighted by molar-refractivity contribution is -0.137. The van der Waals surface area contributed by atoms with Gasteiger partial charge in [0.05, 0.1) is 32.9 Å². The van der Waals surface area contributed by atoms with E-state index in [1.807, 2.05) is 0 Å². The summed E-state index contributed by atoms with van der Waals surface area (Å²) in [5, 5.41) is 4.74. The summed E-state index contributed by atoms with van der Waals surface area (Å²) >= 11 is 9.42. The monoisotopic (exact) mass is 442 g/mol. The second-order valence-corrected chi connectivity index (χ2v) is 6.72. The van der Waals surface area contributed by atoms with Gasteiger partial charge in [-0.05, 0) is 34.1 Å². The molecule has 1 heterocycles. The molecule has 0 unspecified atom stereocenters. The number of alkyl halides is 3. The third kappa shape index (κ3) is 3.83. The number of hydrogen-bond donors (Lipinski definition) is 0. The Kier molecular flexibility index (Phi) is 5.20. The molecule has 0 aliphatic heterocycles. The van der Waals surface area contributed by atoms with Crippen LogP contribution in [0.25, 0.3) is 5.69 Å². The number of Topliss-reactive ketones (excluding diaryl/α,β-unsaturated/α-hetero) is 1. The summed E-state index contributed by atoms with van der Waals surface area (Å²) < 4.78 is 41.3. The zero-order valence-electron chi connectivity index (χ0n) is 13.1. The molecule has 134 valence electrons. The van der Waals surface area contributed by atoms with Gasteiger partial charge in [-0.15, -0.1) is 0 Å². The molecule has 0 saturated carbocycles. The minimum atomic E-state index is -4.60. The van der Waals surface area contributed by atoms with Gasteiger partial charge in [0.1, 0.15) is 0 Å². The molecule has 3 nitrogen and oxygen atoms in total. The summed E-state index contributed by atoms with van der Waals surface area (Å²) in [5.74, 6) is -0.664. The predicted octanol–water partition coefficient (Wildman–Crippen LogP) is 5.73. The van der Waals surface area contributed by atoms with Crippen LogP contribution in [0.3, 0.4) is 0 Å². The molecule has 0 amide bonds. The smallest absolute Gasteiger partial charge is 0.294 e. The van der Waals surface area contributed by atoms with Crippen molar-refractivity contribution in [1.29, 1.82) is 0 Å². The largest absolute Gasteiger partial charge is 0.417 e. The van der Waals surface area contributed by atoms with Gasteiger partial charge < -0.3 is 0 Å². The fourth-order valence-corrected chi connectivity index (χ4v) is 3.13. The van der Waals surface area contributed by atoms with Crippen molar-refractivity contribution in [2.45, 2.75) is 12.6 Å². The third-order valence-electron chi connectivity index (χ3n) is 3.70. The highest BCUT2D eigenvalue weighted by atomic mass is 79.9. The summed E-state index contributed by atoms with van der Waals surface area (Å²) in [7, 11) is 0. The van der Waals surface area contributed by atoms with Crippen LogP contribution in [0.1, 0.15) is 21.6 Å². The van der Waals surface area contributed by atoms with Gasteiger partial charge in [-0.2, -0.15) is 18.3 Å². The molecule has 8 heteroatoms. The van der Waals surface area contributed by atoms with E-state index in [2.05, 4.69) is 21.0 Å². The Hall–Kier alpha value is -2.12. The number of rotatable bonds is 4. The van der Waals surface area contributed by atoms with Gasteiger partial charge in [0.15, 0.2) is 5.78 Å². The van der Waals surface area contributed by atoms with E-state index in [1.165, 1.54) is 22.9 Å². The first-order valence-corrected chi connectivity index (χ1v) is 8.63. The molecule has 2 aromatic carbocycles. The number of carbonyl (C=O) groups is 1. The zero-order chi connectivity index (χ0) is 18.9. The Morgan fingerprint density at radius 1 is 1.12 bits per heavy atom. The van der Waals surface area contributed by atoms with Crippen molar-refractivity contribution in [1.82, 2.24) is 9.78 Å². The van der Waals surface area contributed by atoms with Crippen molar-refractivity contribution in [3.63, 3.8) is 0 Å². The molecule has 0 aliphatic carbocycles. The molecule has 1 aromatic heterocycles. The van der Waals surface area contributed by atoms with Gasteiger partial charge in [-0.3, -0.25) is 4.79 Å². The molecule has 0 N–H and O–H groups in total. The second-order valence-electron chi connectivity index (χ2n) is 5.46. The Bertz CT molecular complexity index is 969. The van der Waals surface area contributed by atoms with Crippen LogP contribution in [-0.2, 0) is 12.6 Å². The maximum absolute atomic E-state index is 13.1. The topological polar surface area (TPSA) is 34.9 Å².